The molecule has 0 unspecified atom stereocenters. The first-order valence-electron chi connectivity index (χ1n) is 7.72. The van der Waals surface area contributed by atoms with Gasteiger partial charge in [-0.05, 0) is 37.2 Å². The number of carboxylic acid groups (broad SMARTS) is 2. The zero-order valence-electron chi connectivity index (χ0n) is 14.0. The van der Waals surface area contributed by atoms with Crippen LogP contribution in [0.5, 0.6) is 17.2 Å². The molecule has 3 rings (SSSR count). The van der Waals surface area contributed by atoms with Crippen LogP contribution in [0.15, 0.2) is 35.7 Å². The smallest absolute Gasteiger partial charge is 0.414 e. The average molecular weight is 381 g/mol. The molecule has 1 atom stereocenters. The molecule has 0 saturated carbocycles. The maximum Gasteiger partial charge on any atom is 0.414 e. The van der Waals surface area contributed by atoms with Crippen LogP contribution in [0.1, 0.15) is 17.4 Å². The Morgan fingerprint density at radius 2 is 2.00 bits per heavy atom. The zero-order chi connectivity index (χ0) is 18.9. The third-order valence-corrected chi connectivity index (χ3v) is 4.29. The number of thiophene rings is 1. The summed E-state index contributed by atoms with van der Waals surface area (Å²) in [5.74, 6) is -1.45. The monoisotopic (exact) mass is 381 g/mol. The third-order valence-electron chi connectivity index (χ3n) is 3.33. The van der Waals surface area contributed by atoms with Gasteiger partial charge in [0.05, 0.1) is 0 Å². The van der Waals surface area contributed by atoms with E-state index in [9.17, 15) is 0 Å². The lowest BCUT2D eigenvalue weighted by Gasteiger charge is -2.18. The van der Waals surface area contributed by atoms with Gasteiger partial charge in [-0.1, -0.05) is 12.1 Å². The first kappa shape index (κ1) is 19.5. The molecule has 1 aliphatic heterocycles. The second-order valence-electron chi connectivity index (χ2n) is 5.11. The van der Waals surface area contributed by atoms with Crippen molar-refractivity contribution in [2.75, 3.05) is 20.4 Å². The van der Waals surface area contributed by atoms with E-state index in [0.29, 0.717) is 5.75 Å². The molecule has 2 heterocycles. The van der Waals surface area contributed by atoms with E-state index >= 15 is 0 Å². The summed E-state index contributed by atoms with van der Waals surface area (Å²) in [7, 11) is 1.95. The molecule has 140 valence electrons. The van der Waals surface area contributed by atoms with Crippen LogP contribution in [-0.2, 0) is 9.59 Å². The number of nitrogens with one attached hydrogen (secondary N) is 1. The number of carbonyl (C=O) groups is 2. The van der Waals surface area contributed by atoms with E-state index in [-0.39, 0.29) is 12.9 Å². The highest BCUT2D eigenvalue weighted by Crippen LogP contribution is 2.42. The number of benzene rings is 1. The zero-order valence-corrected chi connectivity index (χ0v) is 14.8. The third kappa shape index (κ3) is 5.36. The van der Waals surface area contributed by atoms with Crippen LogP contribution in [0.2, 0.25) is 0 Å². The standard InChI is InChI=1S/C15H17NO3S.C2H2O4/c1-16-8-7-11(14-6-3-9-20-14)19-13-5-2-4-12-15(13)18-10-17-12;3-1(4)2(5)6/h2-6,9,11,16H,7-8,10H2,1H3;(H,3,4)(H,5,6)/t11-;/m0./s1. The predicted octanol–water partition coefficient (Wildman–Crippen LogP) is 2.36. The number of fused-ring (bicyclic) bond motifs is 1. The van der Waals surface area contributed by atoms with Gasteiger partial charge in [-0.15, -0.1) is 11.3 Å². The summed E-state index contributed by atoms with van der Waals surface area (Å²) in [5, 5.41) is 20.0. The van der Waals surface area contributed by atoms with Crippen molar-refractivity contribution in [3.63, 3.8) is 0 Å². The molecule has 0 saturated heterocycles. The largest absolute Gasteiger partial charge is 0.481 e. The van der Waals surface area contributed by atoms with E-state index in [1.165, 1.54) is 4.88 Å². The highest BCUT2D eigenvalue weighted by Gasteiger charge is 2.22. The summed E-state index contributed by atoms with van der Waals surface area (Å²) >= 11 is 1.71. The summed E-state index contributed by atoms with van der Waals surface area (Å²) in [5.41, 5.74) is 0. The number of hydrogen-bond acceptors (Lipinski definition) is 7. The Kier molecular flexibility index (Phi) is 7.24. The van der Waals surface area contributed by atoms with Crippen molar-refractivity contribution in [1.82, 2.24) is 5.32 Å². The lowest BCUT2D eigenvalue weighted by atomic mass is 10.2. The van der Waals surface area contributed by atoms with E-state index in [2.05, 4.69) is 16.8 Å². The molecule has 0 fully saturated rings. The predicted molar refractivity (Wildman–Crippen MR) is 94.1 cm³/mol. The quantitative estimate of drug-likeness (QED) is 0.654. The van der Waals surface area contributed by atoms with Gasteiger partial charge in [0.15, 0.2) is 11.5 Å². The van der Waals surface area contributed by atoms with Crippen molar-refractivity contribution in [2.24, 2.45) is 0 Å². The van der Waals surface area contributed by atoms with Gasteiger partial charge in [-0.3, -0.25) is 0 Å². The van der Waals surface area contributed by atoms with Crippen LogP contribution in [-0.4, -0.2) is 42.5 Å². The maximum atomic E-state index is 9.10. The molecule has 8 nitrogen and oxygen atoms in total. The molecular weight excluding hydrogens is 362 g/mol. The molecule has 1 aliphatic rings. The summed E-state index contributed by atoms with van der Waals surface area (Å²) in [6.45, 7) is 1.16. The molecule has 1 aromatic heterocycles. The minimum atomic E-state index is -1.82. The minimum Gasteiger partial charge on any atom is -0.481 e. The second-order valence-corrected chi connectivity index (χ2v) is 6.09. The number of rotatable bonds is 6. The van der Waals surface area contributed by atoms with Crippen molar-refractivity contribution < 1.29 is 34.0 Å². The van der Waals surface area contributed by atoms with Crippen LogP contribution in [0.3, 0.4) is 0 Å². The second kappa shape index (κ2) is 9.64. The Labute approximate surface area is 153 Å². The maximum absolute atomic E-state index is 9.10. The molecular formula is C17H19NO7S. The highest BCUT2D eigenvalue weighted by molar-refractivity contribution is 7.10. The summed E-state index contributed by atoms with van der Waals surface area (Å²) in [6, 6.07) is 9.89. The Bertz CT molecular complexity index is 721. The Balaban J connectivity index is 0.000000352. The molecule has 3 N–H and O–H groups in total. The first-order valence-corrected chi connectivity index (χ1v) is 8.60. The van der Waals surface area contributed by atoms with Crippen LogP contribution < -0.4 is 19.5 Å². The van der Waals surface area contributed by atoms with E-state index < -0.39 is 11.9 Å². The molecule has 0 spiro atoms. The summed E-state index contributed by atoms with van der Waals surface area (Å²) < 4.78 is 17.0. The van der Waals surface area contributed by atoms with Gasteiger partial charge in [0.1, 0.15) is 6.10 Å². The number of para-hydroxylation sites is 1. The lowest BCUT2D eigenvalue weighted by Crippen LogP contribution is -2.15. The van der Waals surface area contributed by atoms with Gasteiger partial charge in [0, 0.05) is 11.3 Å². The van der Waals surface area contributed by atoms with Crippen LogP contribution in [0, 0.1) is 0 Å². The van der Waals surface area contributed by atoms with Gasteiger partial charge >= 0.3 is 11.9 Å². The number of carboxylic acids is 2. The molecule has 26 heavy (non-hydrogen) atoms. The molecule has 0 amide bonds. The summed E-state index contributed by atoms with van der Waals surface area (Å²) in [6.07, 6.45) is 0.930. The van der Waals surface area contributed by atoms with Crippen LogP contribution in [0.25, 0.3) is 0 Å². The van der Waals surface area contributed by atoms with Crippen molar-refractivity contribution >= 4 is 23.3 Å². The number of ether oxygens (including phenoxy) is 3. The Morgan fingerprint density at radius 3 is 2.62 bits per heavy atom. The molecule has 0 radical (unpaired) electrons. The highest BCUT2D eigenvalue weighted by atomic mass is 32.1. The van der Waals surface area contributed by atoms with Crippen molar-refractivity contribution in [1.29, 1.82) is 0 Å². The fourth-order valence-electron chi connectivity index (χ4n) is 2.16. The van der Waals surface area contributed by atoms with E-state index in [1.54, 1.807) is 11.3 Å². The fraction of sp³-hybridized carbons (Fsp3) is 0.294. The number of aliphatic carboxylic acids is 2. The Morgan fingerprint density at radius 1 is 1.23 bits per heavy atom. The molecule has 0 bridgehead atoms. The SMILES string of the molecule is CNCC[C@H](Oc1cccc2c1OCO2)c1cccs1.O=C(O)C(=O)O. The summed E-state index contributed by atoms with van der Waals surface area (Å²) in [4.78, 5) is 19.4. The van der Waals surface area contributed by atoms with Gasteiger partial charge in [-0.2, -0.15) is 0 Å². The normalized spacial score (nSPS) is 12.7. The van der Waals surface area contributed by atoms with Gasteiger partial charge in [-0.25, -0.2) is 9.59 Å². The van der Waals surface area contributed by atoms with Crippen molar-refractivity contribution in [3.8, 4) is 17.2 Å². The molecule has 0 aliphatic carbocycles. The van der Waals surface area contributed by atoms with Crippen molar-refractivity contribution in [2.45, 2.75) is 12.5 Å². The molecule has 9 heteroatoms. The Hall–Kier alpha value is -2.78. The van der Waals surface area contributed by atoms with E-state index in [1.807, 2.05) is 31.3 Å². The molecule has 2 aromatic rings. The number of hydrogen-bond donors (Lipinski definition) is 3. The van der Waals surface area contributed by atoms with E-state index in [0.717, 1.165) is 24.5 Å². The topological polar surface area (TPSA) is 114 Å². The van der Waals surface area contributed by atoms with Crippen LogP contribution in [0.4, 0.5) is 0 Å². The first-order chi connectivity index (χ1) is 12.5. The van der Waals surface area contributed by atoms with Gasteiger partial charge < -0.3 is 29.7 Å². The average Bonchev–Trinajstić information content (AvgIpc) is 3.30. The van der Waals surface area contributed by atoms with Crippen molar-refractivity contribution in [3.05, 3.63) is 40.6 Å². The minimum absolute atomic E-state index is 0.0261. The fourth-order valence-corrected chi connectivity index (χ4v) is 2.95. The lowest BCUT2D eigenvalue weighted by molar-refractivity contribution is -0.159. The van der Waals surface area contributed by atoms with E-state index in [4.69, 9.17) is 34.0 Å². The van der Waals surface area contributed by atoms with Crippen LogP contribution >= 0.6 is 11.3 Å². The van der Waals surface area contributed by atoms with Gasteiger partial charge in [0.2, 0.25) is 12.5 Å². The van der Waals surface area contributed by atoms with Gasteiger partial charge in [0.25, 0.3) is 0 Å². The molecule has 1 aromatic carbocycles.